The van der Waals surface area contributed by atoms with E-state index in [1.165, 1.54) is 43.1 Å². The van der Waals surface area contributed by atoms with Crippen LogP contribution in [0.1, 0.15) is 6.92 Å². The van der Waals surface area contributed by atoms with Crippen LogP contribution in [0.2, 0.25) is 0 Å². The number of ether oxygens (including phenoxy) is 1. The highest BCUT2D eigenvalue weighted by Gasteiger charge is 2.22. The molecule has 2 aromatic carbocycles. The lowest BCUT2D eigenvalue weighted by Gasteiger charge is -2.12. The normalized spacial score (nSPS) is 12.0. The molecule has 0 N–H and O–H groups in total. The Hall–Kier alpha value is -2.74. The van der Waals surface area contributed by atoms with Crippen LogP contribution in [0, 0.1) is 11.6 Å². The first kappa shape index (κ1) is 18.1. The van der Waals surface area contributed by atoms with E-state index in [1.54, 1.807) is 35.8 Å². The number of benzene rings is 2. The zero-order valence-electron chi connectivity index (χ0n) is 14.0. The number of nitrogens with zero attached hydrogens (tertiary/aromatic N) is 3. The Morgan fingerprint density at radius 2 is 1.62 bits per heavy atom. The van der Waals surface area contributed by atoms with Crippen LogP contribution in [0.4, 0.5) is 8.78 Å². The van der Waals surface area contributed by atoms with Gasteiger partial charge in [0.05, 0.1) is 7.11 Å². The number of carbonyl (C=O) groups excluding carboxylic acids is 1. The minimum absolute atomic E-state index is 0.365. The summed E-state index contributed by atoms with van der Waals surface area (Å²) in [4.78, 5) is 11.7. The van der Waals surface area contributed by atoms with Gasteiger partial charge in [0.25, 0.3) is 0 Å². The van der Waals surface area contributed by atoms with E-state index in [0.29, 0.717) is 22.2 Å². The SMILES string of the molecule is COC(=O)[C@H](C)Sc1nnc(-c2ccc(F)cc2)n1-c1ccc(F)cc1. The summed E-state index contributed by atoms with van der Waals surface area (Å²) in [5.74, 6) is -0.680. The molecule has 134 valence electrons. The molecule has 0 spiro atoms. The number of hydrogen-bond donors (Lipinski definition) is 0. The van der Waals surface area contributed by atoms with Gasteiger partial charge in [-0.3, -0.25) is 9.36 Å². The van der Waals surface area contributed by atoms with E-state index in [1.807, 2.05) is 0 Å². The average Bonchev–Trinajstić information content (AvgIpc) is 3.05. The Kier molecular flexibility index (Phi) is 5.32. The molecule has 3 rings (SSSR count). The van der Waals surface area contributed by atoms with Gasteiger partial charge >= 0.3 is 5.97 Å². The van der Waals surface area contributed by atoms with Crippen molar-refractivity contribution < 1.29 is 18.3 Å². The Labute approximate surface area is 153 Å². The smallest absolute Gasteiger partial charge is 0.318 e. The molecule has 1 aromatic heterocycles. The molecule has 0 saturated carbocycles. The van der Waals surface area contributed by atoms with Gasteiger partial charge in [-0.25, -0.2) is 8.78 Å². The molecule has 0 amide bonds. The molecule has 0 aliphatic carbocycles. The third-order valence-electron chi connectivity index (χ3n) is 3.64. The first-order chi connectivity index (χ1) is 12.5. The van der Waals surface area contributed by atoms with Crippen LogP contribution >= 0.6 is 11.8 Å². The number of halogens is 2. The monoisotopic (exact) mass is 375 g/mol. The third kappa shape index (κ3) is 3.75. The molecule has 3 aromatic rings. The quantitative estimate of drug-likeness (QED) is 0.501. The Morgan fingerprint density at radius 1 is 1.04 bits per heavy atom. The molecule has 0 aliphatic rings. The molecular weight excluding hydrogens is 360 g/mol. The standard InChI is InChI=1S/C18H15F2N3O2S/c1-11(17(24)25-2)26-18-22-21-16(12-3-5-13(19)6-4-12)23(18)15-9-7-14(20)8-10-15/h3-11H,1-2H3/t11-/m0/s1. The lowest BCUT2D eigenvalue weighted by molar-refractivity contribution is -0.139. The molecule has 0 fully saturated rings. The predicted octanol–water partition coefficient (Wildman–Crippen LogP) is 3.87. The minimum Gasteiger partial charge on any atom is -0.468 e. The van der Waals surface area contributed by atoms with Crippen molar-refractivity contribution in [2.45, 2.75) is 17.3 Å². The van der Waals surface area contributed by atoms with Crippen LogP contribution in [-0.4, -0.2) is 33.1 Å². The number of hydrogen-bond acceptors (Lipinski definition) is 5. The molecule has 5 nitrogen and oxygen atoms in total. The Balaban J connectivity index is 2.09. The van der Waals surface area contributed by atoms with Crippen molar-refractivity contribution >= 4 is 17.7 Å². The van der Waals surface area contributed by atoms with E-state index in [9.17, 15) is 13.6 Å². The molecule has 8 heteroatoms. The summed E-state index contributed by atoms with van der Waals surface area (Å²) in [5, 5.41) is 8.26. The number of thioether (sulfide) groups is 1. The number of aromatic nitrogens is 3. The van der Waals surface area contributed by atoms with Gasteiger partial charge in [0.2, 0.25) is 0 Å². The number of methoxy groups -OCH3 is 1. The van der Waals surface area contributed by atoms with Crippen LogP contribution < -0.4 is 0 Å². The van der Waals surface area contributed by atoms with Crippen molar-refractivity contribution in [3.8, 4) is 17.1 Å². The third-order valence-corrected chi connectivity index (χ3v) is 4.66. The molecule has 0 bridgehead atoms. The summed E-state index contributed by atoms with van der Waals surface area (Å²) < 4.78 is 33.0. The van der Waals surface area contributed by atoms with Crippen molar-refractivity contribution in [2.75, 3.05) is 7.11 Å². The molecular formula is C18H15F2N3O2S. The van der Waals surface area contributed by atoms with Crippen LogP contribution in [0.3, 0.4) is 0 Å². The Bertz CT molecular complexity index is 911. The van der Waals surface area contributed by atoms with Crippen LogP contribution in [0.25, 0.3) is 17.1 Å². The van der Waals surface area contributed by atoms with Gasteiger partial charge in [-0.15, -0.1) is 10.2 Å². The summed E-state index contributed by atoms with van der Waals surface area (Å²) in [6.45, 7) is 1.69. The van der Waals surface area contributed by atoms with Crippen molar-refractivity contribution in [3.05, 3.63) is 60.2 Å². The second-order valence-electron chi connectivity index (χ2n) is 5.41. The van der Waals surface area contributed by atoms with Crippen molar-refractivity contribution in [1.82, 2.24) is 14.8 Å². The number of esters is 1. The maximum Gasteiger partial charge on any atom is 0.318 e. The van der Waals surface area contributed by atoms with Crippen molar-refractivity contribution in [3.63, 3.8) is 0 Å². The van der Waals surface area contributed by atoms with E-state index >= 15 is 0 Å². The maximum absolute atomic E-state index is 13.3. The fourth-order valence-electron chi connectivity index (χ4n) is 2.33. The molecule has 0 radical (unpaired) electrons. The Morgan fingerprint density at radius 3 is 2.19 bits per heavy atom. The number of carbonyl (C=O) groups is 1. The van der Waals surface area contributed by atoms with Crippen LogP contribution in [-0.2, 0) is 9.53 Å². The summed E-state index contributed by atoms with van der Waals surface area (Å²) >= 11 is 1.17. The predicted molar refractivity (Wildman–Crippen MR) is 94.0 cm³/mol. The van der Waals surface area contributed by atoms with E-state index in [4.69, 9.17) is 4.74 Å². The maximum atomic E-state index is 13.3. The summed E-state index contributed by atoms with van der Waals surface area (Å²) in [6.07, 6.45) is 0. The zero-order valence-corrected chi connectivity index (χ0v) is 14.8. The van der Waals surface area contributed by atoms with Crippen LogP contribution in [0.15, 0.2) is 53.7 Å². The molecule has 26 heavy (non-hydrogen) atoms. The first-order valence-electron chi connectivity index (χ1n) is 7.71. The molecule has 0 unspecified atom stereocenters. The first-order valence-corrected chi connectivity index (χ1v) is 8.59. The molecule has 0 saturated heterocycles. The summed E-state index contributed by atoms with van der Waals surface area (Å²) in [7, 11) is 1.31. The highest BCUT2D eigenvalue weighted by molar-refractivity contribution is 8.00. The van der Waals surface area contributed by atoms with Gasteiger partial charge in [0.15, 0.2) is 11.0 Å². The van der Waals surface area contributed by atoms with Gasteiger partial charge in [0, 0.05) is 11.3 Å². The summed E-state index contributed by atoms with van der Waals surface area (Å²) in [6, 6.07) is 11.6. The second kappa shape index (κ2) is 7.65. The average molecular weight is 375 g/mol. The van der Waals surface area contributed by atoms with E-state index in [0.717, 1.165) is 0 Å². The van der Waals surface area contributed by atoms with E-state index in [-0.39, 0.29) is 11.6 Å². The molecule has 1 atom stereocenters. The van der Waals surface area contributed by atoms with Crippen molar-refractivity contribution in [1.29, 1.82) is 0 Å². The van der Waals surface area contributed by atoms with Gasteiger partial charge < -0.3 is 4.74 Å². The fraction of sp³-hybridized carbons (Fsp3) is 0.167. The number of rotatable bonds is 5. The molecule has 0 aliphatic heterocycles. The largest absolute Gasteiger partial charge is 0.468 e. The van der Waals surface area contributed by atoms with Crippen molar-refractivity contribution in [2.24, 2.45) is 0 Å². The lowest BCUT2D eigenvalue weighted by Crippen LogP contribution is -2.15. The van der Waals surface area contributed by atoms with Gasteiger partial charge in [-0.05, 0) is 55.5 Å². The fourth-order valence-corrected chi connectivity index (χ4v) is 3.22. The highest BCUT2D eigenvalue weighted by Crippen LogP contribution is 2.30. The topological polar surface area (TPSA) is 57.0 Å². The van der Waals surface area contributed by atoms with Crippen LogP contribution in [0.5, 0.6) is 0 Å². The minimum atomic E-state index is -0.510. The van der Waals surface area contributed by atoms with Gasteiger partial charge in [-0.2, -0.15) is 0 Å². The van der Waals surface area contributed by atoms with Gasteiger partial charge in [-0.1, -0.05) is 11.8 Å². The van der Waals surface area contributed by atoms with E-state index < -0.39 is 11.2 Å². The highest BCUT2D eigenvalue weighted by atomic mass is 32.2. The van der Waals surface area contributed by atoms with Gasteiger partial charge in [0.1, 0.15) is 16.9 Å². The summed E-state index contributed by atoms with van der Waals surface area (Å²) in [5.41, 5.74) is 1.26. The zero-order chi connectivity index (χ0) is 18.7. The lowest BCUT2D eigenvalue weighted by atomic mass is 10.2. The molecule has 1 heterocycles. The van der Waals surface area contributed by atoms with E-state index in [2.05, 4.69) is 10.2 Å². The second-order valence-corrected chi connectivity index (χ2v) is 6.72.